The minimum Gasteiger partial charge on any atom is -0.490 e. The molecule has 0 fully saturated rings. The molecule has 0 bridgehead atoms. The Morgan fingerprint density at radius 3 is 2.06 bits per heavy atom. The number of hydrogen-bond donors (Lipinski definition) is 1. The number of anilines is 1. The number of hydrogen-bond acceptors (Lipinski definition) is 3. The molecule has 3 nitrogen and oxygen atoms in total. The van der Waals surface area contributed by atoms with Gasteiger partial charge < -0.3 is 14.8 Å². The number of halogens is 1. The normalized spacial score (nSPS) is 10.2. The summed E-state index contributed by atoms with van der Waals surface area (Å²) in [4.78, 5) is 0. The number of rotatable bonds is 8. The van der Waals surface area contributed by atoms with Crippen molar-refractivity contribution in [1.82, 2.24) is 0 Å². The van der Waals surface area contributed by atoms with Crippen LogP contribution in [0.15, 0.2) is 16.6 Å². The van der Waals surface area contributed by atoms with Crippen molar-refractivity contribution < 1.29 is 9.47 Å². The summed E-state index contributed by atoms with van der Waals surface area (Å²) in [6.07, 6.45) is 1.97. The highest BCUT2D eigenvalue weighted by Gasteiger charge is 2.10. The van der Waals surface area contributed by atoms with Gasteiger partial charge in [-0.05, 0) is 35.7 Å². The van der Waals surface area contributed by atoms with Gasteiger partial charge in [0.2, 0.25) is 0 Å². The van der Waals surface area contributed by atoms with E-state index in [9.17, 15) is 0 Å². The summed E-state index contributed by atoms with van der Waals surface area (Å²) in [5, 5.41) is 3.29. The molecule has 1 aromatic rings. The summed E-state index contributed by atoms with van der Waals surface area (Å²) >= 11 is 3.54. The first kappa shape index (κ1) is 15.2. The van der Waals surface area contributed by atoms with Gasteiger partial charge in [0.15, 0.2) is 11.5 Å². The zero-order valence-electron chi connectivity index (χ0n) is 11.4. The molecular formula is C14H22BrNO2. The van der Waals surface area contributed by atoms with Crippen molar-refractivity contribution in [3.05, 3.63) is 16.6 Å². The summed E-state index contributed by atoms with van der Waals surface area (Å²) in [5.74, 6) is 1.61. The molecule has 0 aliphatic rings. The van der Waals surface area contributed by atoms with E-state index >= 15 is 0 Å². The SMILES string of the molecule is CCCOc1cc(Br)c(NCC)cc1OCCC. The Kier molecular flexibility index (Phi) is 6.94. The Bertz CT molecular complexity index is 369. The predicted octanol–water partition coefficient (Wildman–Crippen LogP) is 4.46. The lowest BCUT2D eigenvalue weighted by Gasteiger charge is -2.15. The van der Waals surface area contributed by atoms with Crippen LogP contribution in [0.5, 0.6) is 11.5 Å². The van der Waals surface area contributed by atoms with Crippen LogP contribution in [-0.4, -0.2) is 19.8 Å². The lowest BCUT2D eigenvalue weighted by Crippen LogP contribution is -2.04. The van der Waals surface area contributed by atoms with E-state index in [0.29, 0.717) is 13.2 Å². The highest BCUT2D eigenvalue weighted by Crippen LogP contribution is 2.36. The average Bonchev–Trinajstić information content (AvgIpc) is 2.37. The van der Waals surface area contributed by atoms with Gasteiger partial charge in [0.25, 0.3) is 0 Å². The molecule has 1 aromatic carbocycles. The number of benzene rings is 1. The summed E-state index contributed by atoms with van der Waals surface area (Å²) in [6.45, 7) is 8.54. The summed E-state index contributed by atoms with van der Waals surface area (Å²) in [5.41, 5.74) is 1.03. The van der Waals surface area contributed by atoms with Crippen LogP contribution in [0.25, 0.3) is 0 Å². The molecule has 0 unspecified atom stereocenters. The molecule has 0 spiro atoms. The van der Waals surface area contributed by atoms with E-state index in [2.05, 4.69) is 42.0 Å². The van der Waals surface area contributed by atoms with Crippen LogP contribution < -0.4 is 14.8 Å². The molecule has 0 atom stereocenters. The minimum absolute atomic E-state index is 0.704. The van der Waals surface area contributed by atoms with E-state index in [4.69, 9.17) is 9.47 Å². The molecule has 0 aliphatic heterocycles. The average molecular weight is 316 g/mol. The number of ether oxygens (including phenoxy) is 2. The predicted molar refractivity (Wildman–Crippen MR) is 79.9 cm³/mol. The van der Waals surface area contributed by atoms with Gasteiger partial charge >= 0.3 is 0 Å². The molecule has 0 heterocycles. The van der Waals surface area contributed by atoms with Gasteiger partial charge in [-0.3, -0.25) is 0 Å². The molecule has 1 N–H and O–H groups in total. The number of nitrogens with one attached hydrogen (secondary N) is 1. The van der Waals surface area contributed by atoms with Crippen molar-refractivity contribution in [2.24, 2.45) is 0 Å². The second-order valence-electron chi connectivity index (χ2n) is 4.01. The van der Waals surface area contributed by atoms with Crippen LogP contribution >= 0.6 is 15.9 Å². The second kappa shape index (κ2) is 8.25. The standard InChI is InChI=1S/C14H22BrNO2/c1-4-7-17-13-9-11(15)12(16-6-3)10-14(13)18-8-5-2/h9-10,16H,4-8H2,1-3H3. The maximum absolute atomic E-state index is 5.74. The van der Waals surface area contributed by atoms with Gasteiger partial charge in [-0.25, -0.2) is 0 Å². The highest BCUT2D eigenvalue weighted by molar-refractivity contribution is 9.10. The first-order valence-electron chi connectivity index (χ1n) is 6.55. The molecule has 0 aromatic heterocycles. The molecule has 102 valence electrons. The van der Waals surface area contributed by atoms with Gasteiger partial charge in [-0.1, -0.05) is 13.8 Å². The summed E-state index contributed by atoms with van der Waals surface area (Å²) in [6, 6.07) is 3.97. The Labute approximate surface area is 118 Å². The maximum atomic E-state index is 5.74. The minimum atomic E-state index is 0.704. The fourth-order valence-corrected chi connectivity index (χ4v) is 1.97. The molecular weight excluding hydrogens is 294 g/mol. The summed E-state index contributed by atoms with van der Waals surface area (Å²) < 4.78 is 12.5. The van der Waals surface area contributed by atoms with E-state index in [1.165, 1.54) is 0 Å². The molecule has 0 saturated heterocycles. The fraction of sp³-hybridized carbons (Fsp3) is 0.571. The third-order valence-electron chi connectivity index (χ3n) is 2.32. The highest BCUT2D eigenvalue weighted by atomic mass is 79.9. The quantitative estimate of drug-likeness (QED) is 0.768. The molecule has 18 heavy (non-hydrogen) atoms. The zero-order valence-corrected chi connectivity index (χ0v) is 13.0. The Morgan fingerprint density at radius 1 is 1.00 bits per heavy atom. The Morgan fingerprint density at radius 2 is 1.56 bits per heavy atom. The summed E-state index contributed by atoms with van der Waals surface area (Å²) in [7, 11) is 0. The molecule has 0 amide bonds. The Hall–Kier alpha value is -0.900. The first-order valence-corrected chi connectivity index (χ1v) is 7.35. The lowest BCUT2D eigenvalue weighted by atomic mass is 10.2. The van der Waals surface area contributed by atoms with Crippen molar-refractivity contribution in [3.8, 4) is 11.5 Å². The first-order chi connectivity index (χ1) is 8.72. The van der Waals surface area contributed by atoms with Crippen molar-refractivity contribution in [3.63, 3.8) is 0 Å². The second-order valence-corrected chi connectivity index (χ2v) is 4.86. The molecule has 0 radical (unpaired) electrons. The monoisotopic (exact) mass is 315 g/mol. The topological polar surface area (TPSA) is 30.5 Å². The van der Waals surface area contributed by atoms with Crippen LogP contribution in [0, 0.1) is 0 Å². The molecule has 1 rings (SSSR count). The van der Waals surface area contributed by atoms with Crippen molar-refractivity contribution in [2.75, 3.05) is 25.1 Å². The van der Waals surface area contributed by atoms with Crippen LogP contribution in [0.2, 0.25) is 0 Å². The van der Waals surface area contributed by atoms with E-state index < -0.39 is 0 Å². The van der Waals surface area contributed by atoms with Crippen LogP contribution in [0.4, 0.5) is 5.69 Å². The van der Waals surface area contributed by atoms with E-state index in [1.807, 2.05) is 12.1 Å². The zero-order chi connectivity index (χ0) is 13.4. The van der Waals surface area contributed by atoms with Gasteiger partial charge in [0, 0.05) is 23.2 Å². The maximum Gasteiger partial charge on any atom is 0.163 e. The van der Waals surface area contributed by atoms with Gasteiger partial charge in [0.1, 0.15) is 0 Å². The van der Waals surface area contributed by atoms with E-state index in [1.54, 1.807) is 0 Å². The van der Waals surface area contributed by atoms with Gasteiger partial charge in [-0.15, -0.1) is 0 Å². The van der Waals surface area contributed by atoms with Gasteiger partial charge in [-0.2, -0.15) is 0 Å². The van der Waals surface area contributed by atoms with E-state index in [0.717, 1.165) is 41.0 Å². The van der Waals surface area contributed by atoms with Crippen LogP contribution in [0.1, 0.15) is 33.6 Å². The smallest absolute Gasteiger partial charge is 0.163 e. The Balaban J connectivity index is 2.94. The van der Waals surface area contributed by atoms with Crippen molar-refractivity contribution in [1.29, 1.82) is 0 Å². The fourth-order valence-electron chi connectivity index (χ4n) is 1.51. The van der Waals surface area contributed by atoms with Crippen LogP contribution in [-0.2, 0) is 0 Å². The largest absolute Gasteiger partial charge is 0.490 e. The van der Waals surface area contributed by atoms with Gasteiger partial charge in [0.05, 0.1) is 18.9 Å². The third-order valence-corrected chi connectivity index (χ3v) is 2.98. The lowest BCUT2D eigenvalue weighted by molar-refractivity contribution is 0.268. The van der Waals surface area contributed by atoms with Crippen molar-refractivity contribution in [2.45, 2.75) is 33.6 Å². The molecule has 0 saturated carbocycles. The molecule has 4 heteroatoms. The van der Waals surface area contributed by atoms with E-state index in [-0.39, 0.29) is 0 Å². The van der Waals surface area contributed by atoms with Crippen LogP contribution in [0.3, 0.4) is 0 Å². The molecule has 0 aliphatic carbocycles. The third kappa shape index (κ3) is 4.41. The van der Waals surface area contributed by atoms with Crippen molar-refractivity contribution >= 4 is 21.6 Å².